The molecule has 3 heterocycles. The number of anilines is 1. The van der Waals surface area contributed by atoms with Gasteiger partial charge in [0.15, 0.2) is 6.54 Å². The van der Waals surface area contributed by atoms with Crippen LogP contribution in [-0.2, 0) is 5.72 Å². The van der Waals surface area contributed by atoms with Gasteiger partial charge < -0.3 is 5.11 Å². The molecular weight excluding hydrogens is 316 g/mol. The molecule has 1 aromatic heterocycles. The molecule has 0 spiro atoms. The van der Waals surface area contributed by atoms with E-state index in [9.17, 15) is 5.11 Å². The Kier molecular flexibility index (Phi) is 3.97. The van der Waals surface area contributed by atoms with Crippen molar-refractivity contribution in [2.75, 3.05) is 18.0 Å². The Balaban J connectivity index is 1.85. The van der Waals surface area contributed by atoms with E-state index in [0.717, 1.165) is 24.3 Å². The zero-order valence-corrected chi connectivity index (χ0v) is 15.3. The molecule has 0 amide bonds. The number of rotatable bonds is 2. The highest BCUT2D eigenvalue weighted by atomic mass is 32.1. The molecule has 1 aromatic carbocycles. The standard InChI is InChI=1S/C20H25N2OS/c1-15-8-6-9-17(16(15)2)21-14-20(23,18-10-7-13-24-18)22-12-5-3-4-11-19(21)22/h6-10,13,23H,3-5,11-12,14H2,1-2H3/q+1/t20-/m0/s1. The summed E-state index contributed by atoms with van der Waals surface area (Å²) in [5.74, 6) is 1.29. The van der Waals surface area contributed by atoms with E-state index in [0.29, 0.717) is 6.54 Å². The summed E-state index contributed by atoms with van der Waals surface area (Å²) < 4.78 is 2.27. The van der Waals surface area contributed by atoms with Crippen LogP contribution in [0.2, 0.25) is 0 Å². The van der Waals surface area contributed by atoms with Gasteiger partial charge in [0.05, 0.1) is 11.4 Å². The van der Waals surface area contributed by atoms with Crippen molar-refractivity contribution in [2.45, 2.75) is 45.3 Å². The lowest BCUT2D eigenvalue weighted by Gasteiger charge is -2.22. The van der Waals surface area contributed by atoms with Gasteiger partial charge in [-0.2, -0.15) is 0 Å². The largest absolute Gasteiger partial charge is 0.346 e. The summed E-state index contributed by atoms with van der Waals surface area (Å²) in [7, 11) is 0. The Bertz CT molecular complexity index is 781. The molecule has 0 saturated carbocycles. The molecule has 0 unspecified atom stereocenters. The molecular formula is C20H25N2OS+. The third-order valence-electron chi connectivity index (χ3n) is 5.51. The number of thiophene rings is 1. The number of hydrogen-bond acceptors (Lipinski definition) is 3. The van der Waals surface area contributed by atoms with E-state index in [2.05, 4.69) is 53.0 Å². The Morgan fingerprint density at radius 1 is 1.12 bits per heavy atom. The van der Waals surface area contributed by atoms with E-state index in [-0.39, 0.29) is 0 Å². The number of benzene rings is 1. The van der Waals surface area contributed by atoms with Crippen LogP contribution >= 0.6 is 11.3 Å². The van der Waals surface area contributed by atoms with Crippen LogP contribution in [-0.4, -0.2) is 28.6 Å². The molecule has 0 bridgehead atoms. The maximum Gasteiger partial charge on any atom is 0.280 e. The summed E-state index contributed by atoms with van der Waals surface area (Å²) in [6.07, 6.45) is 4.63. The second kappa shape index (κ2) is 6.01. The third kappa shape index (κ3) is 2.40. The van der Waals surface area contributed by atoms with Gasteiger partial charge in [-0.05, 0) is 61.7 Å². The van der Waals surface area contributed by atoms with E-state index >= 15 is 0 Å². The number of aryl methyl sites for hydroxylation is 1. The van der Waals surface area contributed by atoms with Gasteiger partial charge in [-0.15, -0.1) is 11.3 Å². The van der Waals surface area contributed by atoms with Crippen LogP contribution in [0.4, 0.5) is 5.69 Å². The van der Waals surface area contributed by atoms with Crippen molar-refractivity contribution in [3.05, 3.63) is 51.7 Å². The van der Waals surface area contributed by atoms with Crippen molar-refractivity contribution >= 4 is 22.9 Å². The van der Waals surface area contributed by atoms with Crippen LogP contribution < -0.4 is 4.90 Å². The monoisotopic (exact) mass is 341 g/mol. The highest BCUT2D eigenvalue weighted by Gasteiger charge is 2.52. The number of aliphatic hydroxyl groups is 1. The van der Waals surface area contributed by atoms with Gasteiger partial charge in [0.2, 0.25) is 0 Å². The predicted octanol–water partition coefficient (Wildman–Crippen LogP) is 4.02. The molecule has 126 valence electrons. The van der Waals surface area contributed by atoms with Crippen molar-refractivity contribution in [3.63, 3.8) is 0 Å². The van der Waals surface area contributed by atoms with Crippen LogP contribution in [0.5, 0.6) is 0 Å². The van der Waals surface area contributed by atoms with Crippen LogP contribution in [0.3, 0.4) is 0 Å². The van der Waals surface area contributed by atoms with E-state index < -0.39 is 5.72 Å². The molecule has 2 aromatic rings. The first-order valence-electron chi connectivity index (χ1n) is 8.85. The first-order valence-corrected chi connectivity index (χ1v) is 9.73. The summed E-state index contributed by atoms with van der Waals surface area (Å²) in [6, 6.07) is 10.6. The van der Waals surface area contributed by atoms with E-state index in [4.69, 9.17) is 0 Å². The second-order valence-corrected chi connectivity index (χ2v) is 7.93. The lowest BCUT2D eigenvalue weighted by molar-refractivity contribution is -0.657. The average molecular weight is 342 g/mol. The van der Waals surface area contributed by atoms with Gasteiger partial charge in [-0.3, -0.25) is 0 Å². The molecule has 2 aliphatic heterocycles. The summed E-state index contributed by atoms with van der Waals surface area (Å²) in [5.41, 5.74) is 2.96. The van der Waals surface area contributed by atoms with E-state index in [1.165, 1.54) is 35.5 Å². The lowest BCUT2D eigenvalue weighted by Crippen LogP contribution is -2.40. The zero-order chi connectivity index (χ0) is 16.7. The summed E-state index contributed by atoms with van der Waals surface area (Å²) in [5, 5.41) is 13.7. The van der Waals surface area contributed by atoms with Gasteiger partial charge in [0.1, 0.15) is 5.69 Å². The normalized spacial score (nSPS) is 24.2. The van der Waals surface area contributed by atoms with Crippen LogP contribution in [0.1, 0.15) is 41.7 Å². The number of β-amino-alcohol motifs (C(OH)–C–C–N with tert-alkyl or cyclic N) is 1. The lowest BCUT2D eigenvalue weighted by atomic mass is 10.1. The second-order valence-electron chi connectivity index (χ2n) is 6.98. The Labute approximate surface area is 147 Å². The molecule has 3 nitrogen and oxygen atoms in total. The first kappa shape index (κ1) is 15.9. The van der Waals surface area contributed by atoms with Gasteiger partial charge in [-0.25, -0.2) is 9.48 Å². The molecule has 0 saturated heterocycles. The van der Waals surface area contributed by atoms with Crippen LogP contribution in [0, 0.1) is 13.8 Å². The molecule has 4 rings (SSSR count). The molecule has 1 N–H and O–H groups in total. The summed E-state index contributed by atoms with van der Waals surface area (Å²) >= 11 is 1.65. The topological polar surface area (TPSA) is 26.5 Å². The van der Waals surface area contributed by atoms with Gasteiger partial charge in [0.25, 0.3) is 11.6 Å². The summed E-state index contributed by atoms with van der Waals surface area (Å²) in [4.78, 5) is 3.42. The highest BCUT2D eigenvalue weighted by molar-refractivity contribution is 7.10. The molecule has 24 heavy (non-hydrogen) atoms. The van der Waals surface area contributed by atoms with Gasteiger partial charge >= 0.3 is 0 Å². The Morgan fingerprint density at radius 2 is 2.00 bits per heavy atom. The number of hydrogen-bond donors (Lipinski definition) is 1. The number of amidine groups is 1. The minimum atomic E-state index is -0.899. The molecule has 2 aliphatic rings. The maximum absolute atomic E-state index is 11.6. The highest BCUT2D eigenvalue weighted by Crippen LogP contribution is 2.38. The fraction of sp³-hybridized carbons (Fsp3) is 0.450. The van der Waals surface area contributed by atoms with Crippen molar-refractivity contribution < 1.29 is 9.68 Å². The van der Waals surface area contributed by atoms with Gasteiger partial charge in [0, 0.05) is 6.42 Å². The maximum atomic E-state index is 11.6. The number of nitrogens with zero attached hydrogens (tertiary/aromatic N) is 2. The summed E-state index contributed by atoms with van der Waals surface area (Å²) in [6.45, 7) is 5.91. The molecule has 4 heteroatoms. The Morgan fingerprint density at radius 3 is 2.79 bits per heavy atom. The van der Waals surface area contributed by atoms with Crippen molar-refractivity contribution in [1.82, 2.24) is 0 Å². The first-order chi connectivity index (χ1) is 11.6. The molecule has 0 radical (unpaired) electrons. The van der Waals surface area contributed by atoms with E-state index in [1.807, 2.05) is 6.07 Å². The van der Waals surface area contributed by atoms with Gasteiger partial charge in [-0.1, -0.05) is 18.2 Å². The van der Waals surface area contributed by atoms with Crippen molar-refractivity contribution in [1.29, 1.82) is 0 Å². The minimum Gasteiger partial charge on any atom is -0.346 e. The van der Waals surface area contributed by atoms with Crippen molar-refractivity contribution in [2.24, 2.45) is 0 Å². The predicted molar refractivity (Wildman–Crippen MR) is 100 cm³/mol. The molecule has 1 atom stereocenters. The fourth-order valence-electron chi connectivity index (χ4n) is 4.04. The average Bonchev–Trinajstić information content (AvgIpc) is 3.12. The van der Waals surface area contributed by atoms with Crippen LogP contribution in [0.25, 0.3) is 0 Å². The Hall–Kier alpha value is -1.65. The van der Waals surface area contributed by atoms with E-state index in [1.54, 1.807) is 11.3 Å². The molecule has 0 aliphatic carbocycles. The minimum absolute atomic E-state index is 0.618. The van der Waals surface area contributed by atoms with Crippen LogP contribution in [0.15, 0.2) is 35.7 Å². The third-order valence-corrected chi connectivity index (χ3v) is 6.52. The zero-order valence-electron chi connectivity index (χ0n) is 14.5. The fourth-order valence-corrected chi connectivity index (χ4v) is 4.86. The quantitative estimate of drug-likeness (QED) is 0.835. The SMILES string of the molecule is Cc1cccc(N2C[C@](O)(c3cccs3)[N+]3=C2CCCCC3)c1C. The van der Waals surface area contributed by atoms with Crippen molar-refractivity contribution in [3.8, 4) is 0 Å². The molecule has 0 fully saturated rings. The smallest absolute Gasteiger partial charge is 0.280 e.